The lowest BCUT2D eigenvalue weighted by molar-refractivity contribution is -0.137. The predicted octanol–water partition coefficient (Wildman–Crippen LogP) is 2.35. The third-order valence-electron chi connectivity index (χ3n) is 3.44. The summed E-state index contributed by atoms with van der Waals surface area (Å²) in [6, 6.07) is 0. The van der Waals surface area contributed by atoms with Crippen LogP contribution in [0.15, 0.2) is 0 Å². The molecule has 0 saturated carbocycles. The van der Waals surface area contributed by atoms with Crippen molar-refractivity contribution in [2.75, 3.05) is 46.2 Å². The second-order valence-electron chi connectivity index (χ2n) is 8.12. The van der Waals surface area contributed by atoms with E-state index in [9.17, 15) is 9.59 Å². The number of carbonyl (C=O) groups excluding carboxylic acids is 1. The molecule has 0 atom stereocenters. The lowest BCUT2D eigenvalue weighted by Crippen LogP contribution is -2.13. The highest BCUT2D eigenvalue weighted by Gasteiger charge is 2.13. The van der Waals surface area contributed by atoms with Crippen molar-refractivity contribution >= 4 is 37.0 Å². The van der Waals surface area contributed by atoms with Crippen LogP contribution in [0, 0.1) is 0 Å². The number of carboxylic acid groups (broad SMARTS) is 1. The van der Waals surface area contributed by atoms with E-state index in [2.05, 4.69) is 25.3 Å². The number of aliphatic hydroxyl groups is 2. The third-order valence-corrected chi connectivity index (χ3v) is 3.89. The molecule has 0 radical (unpaired) electrons. The first-order valence-electron chi connectivity index (χ1n) is 10.5. The molecule has 0 aromatic heterocycles. The number of carbonyl (C=O) groups is 2. The highest BCUT2D eigenvalue weighted by atomic mass is 32.1. The van der Waals surface area contributed by atoms with E-state index in [4.69, 9.17) is 30.5 Å². The molecule has 8 nitrogen and oxygen atoms in total. The fourth-order valence-electron chi connectivity index (χ4n) is 1.77. The van der Waals surface area contributed by atoms with Crippen LogP contribution in [0.3, 0.4) is 0 Å². The standard InChI is InChI=1S/C11H22O3S.C6H12O2S.C4H11NO2/c1-11(2,15)6-5-10(13)4-3-8-14-9-7-12;1-6(2,9)4-3-5(7)8;5-1-3-7-4-2-6/h12,15H,3-9H2,1-2H3;9H,3-4H2,1-2H3,(H,7,8);6H,1-5H2. The summed E-state index contributed by atoms with van der Waals surface area (Å²) < 4.78 is 9.60. The zero-order valence-electron chi connectivity index (χ0n) is 19.6. The Kier molecular flexibility index (Phi) is 25.9. The molecule has 0 heterocycles. The van der Waals surface area contributed by atoms with Crippen molar-refractivity contribution in [2.45, 2.75) is 75.7 Å². The molecule has 0 fully saturated rings. The van der Waals surface area contributed by atoms with Crippen LogP contribution >= 0.6 is 25.3 Å². The maximum Gasteiger partial charge on any atom is 0.303 e. The molecule has 0 aliphatic heterocycles. The van der Waals surface area contributed by atoms with E-state index in [-0.39, 0.29) is 34.9 Å². The highest BCUT2D eigenvalue weighted by Crippen LogP contribution is 2.19. The summed E-state index contributed by atoms with van der Waals surface area (Å²) in [7, 11) is 0. The fourth-order valence-corrected chi connectivity index (χ4v) is 1.99. The van der Waals surface area contributed by atoms with Gasteiger partial charge in [0.15, 0.2) is 0 Å². The number of ketones is 1. The minimum absolute atomic E-state index is 0.0434. The highest BCUT2D eigenvalue weighted by molar-refractivity contribution is 7.81. The molecule has 0 amide bonds. The Morgan fingerprint density at radius 2 is 1.26 bits per heavy atom. The van der Waals surface area contributed by atoms with Gasteiger partial charge in [0.1, 0.15) is 5.78 Å². The molecule has 10 heteroatoms. The lowest BCUT2D eigenvalue weighted by atomic mass is 10.0. The molecule has 31 heavy (non-hydrogen) atoms. The minimum atomic E-state index is -0.753. The summed E-state index contributed by atoms with van der Waals surface area (Å²) in [5.41, 5.74) is 5.06. The second-order valence-corrected chi connectivity index (χ2v) is 10.5. The Morgan fingerprint density at radius 3 is 1.61 bits per heavy atom. The van der Waals surface area contributed by atoms with E-state index >= 15 is 0 Å². The molecule has 0 aromatic carbocycles. The lowest BCUT2D eigenvalue weighted by Gasteiger charge is -2.15. The van der Waals surface area contributed by atoms with E-state index in [1.54, 1.807) is 0 Å². The third kappa shape index (κ3) is 44.2. The Hall–Kier alpha value is -0.360. The van der Waals surface area contributed by atoms with Gasteiger partial charge in [-0.3, -0.25) is 9.59 Å². The average molecular weight is 488 g/mol. The van der Waals surface area contributed by atoms with Crippen LogP contribution in [-0.4, -0.2) is 82.8 Å². The number of hydrogen-bond donors (Lipinski definition) is 6. The molecule has 188 valence electrons. The maximum atomic E-state index is 11.4. The number of aliphatic carboxylic acids is 1. The van der Waals surface area contributed by atoms with E-state index < -0.39 is 5.97 Å². The molecule has 0 rings (SSSR count). The van der Waals surface area contributed by atoms with Crippen LogP contribution < -0.4 is 5.73 Å². The summed E-state index contributed by atoms with van der Waals surface area (Å²) in [5, 5.41) is 24.8. The largest absolute Gasteiger partial charge is 0.481 e. The van der Waals surface area contributed by atoms with Crippen molar-refractivity contribution in [1.82, 2.24) is 0 Å². The van der Waals surface area contributed by atoms with Gasteiger partial charge in [-0.15, -0.1) is 0 Å². The molecule has 0 aromatic rings. The summed E-state index contributed by atoms with van der Waals surface area (Å²) in [5.74, 6) is -0.484. The van der Waals surface area contributed by atoms with Crippen LogP contribution in [0.2, 0.25) is 0 Å². The summed E-state index contributed by atoms with van der Waals surface area (Å²) in [6.07, 6.45) is 3.53. The topological polar surface area (TPSA) is 139 Å². The number of aliphatic hydroxyl groups excluding tert-OH is 2. The van der Waals surface area contributed by atoms with Crippen molar-refractivity contribution in [3.63, 3.8) is 0 Å². The van der Waals surface area contributed by atoms with Crippen molar-refractivity contribution in [2.24, 2.45) is 5.73 Å². The van der Waals surface area contributed by atoms with Crippen molar-refractivity contribution < 1.29 is 34.4 Å². The molecule has 0 unspecified atom stereocenters. The van der Waals surface area contributed by atoms with E-state index in [1.807, 2.05) is 27.7 Å². The number of Topliss-reactive ketones (excluding diaryl/α,β-unsaturated/α-hetero) is 1. The smallest absolute Gasteiger partial charge is 0.303 e. The number of rotatable bonds is 16. The van der Waals surface area contributed by atoms with Gasteiger partial charge in [-0.1, -0.05) is 27.7 Å². The SMILES string of the molecule is CC(C)(S)CCC(=O)CCCOCCO.CC(C)(S)CCC(=O)O.NCCOCCO. The molecular formula is C21H45NO7S2. The summed E-state index contributed by atoms with van der Waals surface area (Å²) in [4.78, 5) is 21.4. The number of ether oxygens (including phenoxy) is 2. The first-order chi connectivity index (χ1) is 14.3. The second kappa shape index (κ2) is 22.8. The quantitative estimate of drug-likeness (QED) is 0.144. The first kappa shape index (κ1) is 35.2. The van der Waals surface area contributed by atoms with Gasteiger partial charge in [0.25, 0.3) is 0 Å². The van der Waals surface area contributed by atoms with Gasteiger partial charge < -0.3 is 30.5 Å². The van der Waals surface area contributed by atoms with Gasteiger partial charge >= 0.3 is 5.97 Å². The number of nitrogens with two attached hydrogens (primary N) is 1. The van der Waals surface area contributed by atoms with Crippen molar-refractivity contribution in [3.05, 3.63) is 0 Å². The molecule has 0 aliphatic rings. The van der Waals surface area contributed by atoms with Gasteiger partial charge in [0.05, 0.1) is 33.0 Å². The van der Waals surface area contributed by atoms with Gasteiger partial charge in [0, 0.05) is 41.9 Å². The van der Waals surface area contributed by atoms with Gasteiger partial charge in [-0.05, 0) is 19.3 Å². The molecule has 0 aliphatic carbocycles. The average Bonchev–Trinajstić information content (AvgIpc) is 2.65. The summed E-state index contributed by atoms with van der Waals surface area (Å²) in [6.45, 7) is 10.3. The number of thiol groups is 2. The molecule has 5 N–H and O–H groups in total. The van der Waals surface area contributed by atoms with Gasteiger partial charge in [0.2, 0.25) is 0 Å². The normalized spacial score (nSPS) is 11.1. The van der Waals surface area contributed by atoms with Gasteiger partial charge in [-0.25, -0.2) is 0 Å². The van der Waals surface area contributed by atoms with E-state index in [0.717, 1.165) is 12.8 Å². The number of carboxylic acids is 1. The van der Waals surface area contributed by atoms with Crippen LogP contribution in [0.5, 0.6) is 0 Å². The fraction of sp³-hybridized carbons (Fsp3) is 0.905. The molecule has 0 spiro atoms. The minimum Gasteiger partial charge on any atom is -0.481 e. The summed E-state index contributed by atoms with van der Waals surface area (Å²) >= 11 is 8.53. The zero-order valence-corrected chi connectivity index (χ0v) is 21.4. The van der Waals surface area contributed by atoms with E-state index in [0.29, 0.717) is 52.2 Å². The van der Waals surface area contributed by atoms with Crippen LogP contribution in [-0.2, 0) is 19.1 Å². The molecular weight excluding hydrogens is 442 g/mol. The zero-order chi connectivity index (χ0) is 24.8. The van der Waals surface area contributed by atoms with Crippen LogP contribution in [0.4, 0.5) is 0 Å². The Balaban J connectivity index is -0.000000417. The van der Waals surface area contributed by atoms with Crippen LogP contribution in [0.1, 0.15) is 66.2 Å². The Morgan fingerprint density at radius 1 is 0.806 bits per heavy atom. The van der Waals surface area contributed by atoms with Crippen molar-refractivity contribution in [1.29, 1.82) is 0 Å². The monoisotopic (exact) mass is 487 g/mol. The first-order valence-corrected chi connectivity index (χ1v) is 11.4. The van der Waals surface area contributed by atoms with E-state index in [1.165, 1.54) is 0 Å². The van der Waals surface area contributed by atoms with Crippen molar-refractivity contribution in [3.8, 4) is 0 Å². The van der Waals surface area contributed by atoms with Crippen LogP contribution in [0.25, 0.3) is 0 Å². The molecule has 0 bridgehead atoms. The Labute approximate surface area is 199 Å². The van der Waals surface area contributed by atoms with Gasteiger partial charge in [-0.2, -0.15) is 25.3 Å². The molecule has 0 saturated heterocycles. The Bertz CT molecular complexity index is 421. The maximum absolute atomic E-state index is 11.4. The number of hydrogen-bond acceptors (Lipinski definition) is 9. The predicted molar refractivity (Wildman–Crippen MR) is 131 cm³/mol.